The quantitative estimate of drug-likeness (QED) is 0.0209. The molecule has 6 atom stereocenters. The molecule has 2 aromatic rings. The molecule has 25 heteroatoms. The lowest BCUT2D eigenvalue weighted by molar-refractivity contribution is -0.143. The van der Waals surface area contributed by atoms with Crippen molar-refractivity contribution in [1.82, 2.24) is 36.9 Å². The number of aromatic nitrogens is 1. The summed E-state index contributed by atoms with van der Waals surface area (Å²) < 4.78 is 0. The van der Waals surface area contributed by atoms with Crippen LogP contribution in [0.2, 0.25) is 0 Å². The Hall–Kier alpha value is -7.02. The SMILES string of the molecule is CC(C)C[C@H](NC(=O)[C@H](CCCN=C(N)N)NC(=O)[C@H](CCC(=O)O)NC(=O)[C@H](Cc1c[nH]c2ccccc12)NC(=O)CN)C(=O)N[C@@H](CCCN=C(N)N)C(=O)N[C@@H](CO)C(=O)O. The first kappa shape index (κ1) is 53.1. The number of H-pyrrole nitrogens is 1. The highest BCUT2D eigenvalue weighted by Crippen LogP contribution is 2.19. The highest BCUT2D eigenvalue weighted by atomic mass is 16.4. The molecular formula is C39H62N14O11. The lowest BCUT2D eigenvalue weighted by atomic mass is 10.0. The number of para-hydroxylation sites is 1. The van der Waals surface area contributed by atoms with E-state index in [1.54, 1.807) is 38.2 Å². The summed E-state index contributed by atoms with van der Waals surface area (Å²) in [7, 11) is 0. The molecule has 0 aliphatic heterocycles. The van der Waals surface area contributed by atoms with E-state index in [9.17, 15) is 53.7 Å². The lowest BCUT2D eigenvalue weighted by Gasteiger charge is -2.28. The lowest BCUT2D eigenvalue weighted by Crippen LogP contribution is -2.60. The standard InChI is InChI=1S/C39H62N14O11/c1-20(2)15-27(35(61)50-25(10-6-14-46-39(43)44)33(59)53-29(19-54)37(63)64)52-32(58)24(9-5-13-45-38(41)42)49-34(60)26(11-12-31(56)57)51-36(62)28(48-30(55)17-40)16-21-18-47-23-8-4-3-7-22(21)23/h3-4,7-8,18,20,24-29,47,54H,5-6,9-17,19,40H2,1-2H3,(H,48,55)(H,49,60)(H,50,61)(H,51,62)(H,52,58)(H,53,59)(H,56,57)(H,63,64)(H4,41,42,45)(H4,43,44,46)/t24-,25-,26-,27-,28-,29-/m0/s1. The minimum atomic E-state index is -1.70. The van der Waals surface area contributed by atoms with Gasteiger partial charge in [-0.1, -0.05) is 32.0 Å². The molecule has 0 saturated carbocycles. The number of nitrogens with one attached hydrogen (secondary N) is 7. The van der Waals surface area contributed by atoms with Gasteiger partial charge in [-0.2, -0.15) is 0 Å². The van der Waals surface area contributed by atoms with E-state index in [1.807, 2.05) is 6.07 Å². The topological polar surface area (TPSA) is 440 Å². The molecule has 354 valence electrons. The number of rotatable bonds is 29. The van der Waals surface area contributed by atoms with Crippen molar-refractivity contribution in [3.63, 3.8) is 0 Å². The van der Waals surface area contributed by atoms with Crippen LogP contribution in [-0.4, -0.2) is 142 Å². The first-order valence-electron chi connectivity index (χ1n) is 20.5. The summed E-state index contributed by atoms with van der Waals surface area (Å²) in [4.78, 5) is 115. The maximum absolute atomic E-state index is 14.1. The maximum Gasteiger partial charge on any atom is 0.328 e. The van der Waals surface area contributed by atoms with Gasteiger partial charge in [-0.05, 0) is 56.1 Å². The number of benzene rings is 1. The van der Waals surface area contributed by atoms with E-state index in [4.69, 9.17) is 28.7 Å². The number of carbonyl (C=O) groups excluding carboxylic acids is 6. The number of nitrogens with two attached hydrogens (primary N) is 5. The van der Waals surface area contributed by atoms with Crippen molar-refractivity contribution in [3.8, 4) is 0 Å². The van der Waals surface area contributed by atoms with Gasteiger partial charge in [-0.3, -0.25) is 43.5 Å². The maximum atomic E-state index is 14.1. The van der Waals surface area contributed by atoms with Crippen LogP contribution in [0, 0.1) is 5.92 Å². The Morgan fingerprint density at radius 3 is 1.59 bits per heavy atom. The van der Waals surface area contributed by atoms with Crippen LogP contribution in [0.25, 0.3) is 10.9 Å². The highest BCUT2D eigenvalue weighted by molar-refractivity contribution is 5.97. The molecule has 0 bridgehead atoms. The number of guanidine groups is 2. The second-order valence-electron chi connectivity index (χ2n) is 15.2. The van der Waals surface area contributed by atoms with Crippen LogP contribution >= 0.6 is 0 Å². The van der Waals surface area contributed by atoms with Crippen LogP contribution in [0.5, 0.6) is 0 Å². The third-order valence-electron chi connectivity index (χ3n) is 9.51. The fourth-order valence-corrected chi connectivity index (χ4v) is 6.31. The number of aliphatic carboxylic acids is 2. The van der Waals surface area contributed by atoms with E-state index >= 15 is 0 Å². The molecule has 0 spiro atoms. The van der Waals surface area contributed by atoms with E-state index < -0.39 is 110 Å². The number of hydrogen-bond acceptors (Lipinski definition) is 12. The average Bonchev–Trinajstić information content (AvgIpc) is 3.64. The van der Waals surface area contributed by atoms with E-state index in [0.717, 1.165) is 10.9 Å². The van der Waals surface area contributed by atoms with Gasteiger partial charge in [0.1, 0.15) is 36.3 Å². The van der Waals surface area contributed by atoms with Crippen LogP contribution in [0.15, 0.2) is 40.4 Å². The second-order valence-corrected chi connectivity index (χ2v) is 15.2. The van der Waals surface area contributed by atoms with Gasteiger partial charge in [0.2, 0.25) is 35.4 Å². The Bertz CT molecular complexity index is 1980. The second kappa shape index (κ2) is 27.1. The molecule has 1 aromatic heterocycles. The van der Waals surface area contributed by atoms with Gasteiger partial charge in [0.05, 0.1) is 13.2 Å². The van der Waals surface area contributed by atoms with Gasteiger partial charge in [-0.25, -0.2) is 4.79 Å². The zero-order valence-corrected chi connectivity index (χ0v) is 35.8. The van der Waals surface area contributed by atoms with Crippen molar-refractivity contribution < 1.29 is 53.7 Å². The van der Waals surface area contributed by atoms with Crippen molar-refractivity contribution >= 4 is 70.2 Å². The highest BCUT2D eigenvalue weighted by Gasteiger charge is 2.34. The van der Waals surface area contributed by atoms with Crippen molar-refractivity contribution in [2.24, 2.45) is 44.6 Å². The Balaban J connectivity index is 2.44. The number of aliphatic hydroxyl groups excluding tert-OH is 1. The predicted octanol–water partition coefficient (Wildman–Crippen LogP) is -4.33. The predicted molar refractivity (Wildman–Crippen MR) is 234 cm³/mol. The number of carboxylic acid groups (broad SMARTS) is 2. The summed E-state index contributed by atoms with van der Waals surface area (Å²) in [6.07, 6.45) is 0.595. The minimum Gasteiger partial charge on any atom is -0.481 e. The molecule has 0 aliphatic carbocycles. The van der Waals surface area contributed by atoms with Crippen LogP contribution in [0.1, 0.15) is 64.4 Å². The van der Waals surface area contributed by atoms with Crippen molar-refractivity contribution in [1.29, 1.82) is 0 Å². The molecule has 20 N–H and O–H groups in total. The molecule has 1 aromatic carbocycles. The Labute approximate surface area is 368 Å². The molecule has 25 nitrogen and oxygen atoms in total. The number of aliphatic imine (C=N–C) groups is 2. The molecule has 0 aliphatic rings. The number of carbonyl (C=O) groups is 8. The summed E-state index contributed by atoms with van der Waals surface area (Å²) in [5.41, 5.74) is 28.6. The summed E-state index contributed by atoms with van der Waals surface area (Å²) in [6.45, 7) is 2.13. The van der Waals surface area contributed by atoms with E-state index in [1.165, 1.54) is 0 Å². The van der Waals surface area contributed by atoms with Gasteiger partial charge in [-0.15, -0.1) is 0 Å². The van der Waals surface area contributed by atoms with Crippen LogP contribution in [0.3, 0.4) is 0 Å². The van der Waals surface area contributed by atoms with Crippen molar-refractivity contribution in [2.45, 2.75) is 101 Å². The molecule has 0 unspecified atom stereocenters. The molecule has 6 amide bonds. The Kier molecular flexibility index (Phi) is 22.5. The monoisotopic (exact) mass is 902 g/mol. The first-order valence-corrected chi connectivity index (χ1v) is 20.5. The normalized spacial score (nSPS) is 13.8. The number of carboxylic acids is 2. The van der Waals surface area contributed by atoms with Crippen LogP contribution in [-0.2, 0) is 44.8 Å². The zero-order valence-electron chi connectivity index (χ0n) is 35.8. The first-order chi connectivity index (χ1) is 30.2. The third kappa shape index (κ3) is 18.9. The van der Waals surface area contributed by atoms with Gasteiger partial charge >= 0.3 is 11.9 Å². The number of amides is 6. The smallest absolute Gasteiger partial charge is 0.328 e. The minimum absolute atomic E-state index is 0.00655. The van der Waals surface area contributed by atoms with Crippen LogP contribution < -0.4 is 60.6 Å². The molecule has 64 heavy (non-hydrogen) atoms. The fraction of sp³-hybridized carbons (Fsp3) is 0.538. The van der Waals surface area contributed by atoms with Crippen molar-refractivity contribution in [3.05, 3.63) is 36.0 Å². The van der Waals surface area contributed by atoms with Gasteiger partial charge < -0.3 is 80.9 Å². The molecule has 0 radical (unpaired) electrons. The summed E-state index contributed by atoms with van der Waals surface area (Å²) in [6, 6.07) is -1.49. The van der Waals surface area contributed by atoms with Gasteiger partial charge in [0.25, 0.3) is 0 Å². The zero-order chi connectivity index (χ0) is 47.9. The van der Waals surface area contributed by atoms with Crippen LogP contribution in [0.4, 0.5) is 0 Å². The molecule has 1 heterocycles. The summed E-state index contributed by atoms with van der Waals surface area (Å²) in [5, 5.41) is 44.0. The Morgan fingerprint density at radius 1 is 0.656 bits per heavy atom. The molecular weight excluding hydrogens is 841 g/mol. The number of aliphatic hydroxyl groups is 1. The van der Waals surface area contributed by atoms with E-state index in [-0.39, 0.29) is 69.5 Å². The van der Waals surface area contributed by atoms with Gasteiger partial charge in [0, 0.05) is 43.0 Å². The number of hydrogen-bond donors (Lipinski definition) is 15. The third-order valence-corrected chi connectivity index (χ3v) is 9.51. The largest absolute Gasteiger partial charge is 0.481 e. The molecule has 0 fully saturated rings. The molecule has 0 saturated heterocycles. The van der Waals surface area contributed by atoms with Crippen molar-refractivity contribution in [2.75, 3.05) is 26.2 Å². The number of aromatic amines is 1. The summed E-state index contributed by atoms with van der Waals surface area (Å²) >= 11 is 0. The Morgan fingerprint density at radius 2 is 1.12 bits per heavy atom. The average molecular weight is 903 g/mol. The summed E-state index contributed by atoms with van der Waals surface area (Å²) in [5.74, 6) is -8.78. The number of fused-ring (bicyclic) bond motifs is 1. The van der Waals surface area contributed by atoms with E-state index in [2.05, 4.69) is 46.9 Å². The number of nitrogens with zero attached hydrogens (tertiary/aromatic N) is 2. The van der Waals surface area contributed by atoms with Gasteiger partial charge in [0.15, 0.2) is 11.9 Å². The molecule has 2 rings (SSSR count). The fourth-order valence-electron chi connectivity index (χ4n) is 6.31. The van der Waals surface area contributed by atoms with E-state index in [0.29, 0.717) is 5.56 Å².